The second-order valence-electron chi connectivity index (χ2n) is 6.88. The van der Waals surface area contributed by atoms with Gasteiger partial charge < -0.3 is 14.8 Å². The molecule has 0 saturated heterocycles. The Bertz CT molecular complexity index is 1160. The highest BCUT2D eigenvalue weighted by Gasteiger charge is 2.13. The normalized spacial score (nSPS) is 10.5. The third-order valence-corrected chi connectivity index (χ3v) is 4.47. The van der Waals surface area contributed by atoms with E-state index in [0.717, 1.165) is 5.56 Å². The molecule has 0 unspecified atom stereocenters. The highest BCUT2D eigenvalue weighted by Crippen LogP contribution is 2.16. The van der Waals surface area contributed by atoms with Crippen molar-refractivity contribution in [3.8, 4) is 11.5 Å². The van der Waals surface area contributed by atoms with Gasteiger partial charge in [0.1, 0.15) is 11.5 Å². The van der Waals surface area contributed by atoms with Gasteiger partial charge in [-0.05, 0) is 79.6 Å². The predicted octanol–water partition coefficient (Wildman–Crippen LogP) is 3.70. The quantitative estimate of drug-likeness (QED) is 0.190. The Hall–Kier alpha value is -4.46. The Morgan fingerprint density at radius 2 is 1.55 bits per heavy atom. The summed E-state index contributed by atoms with van der Waals surface area (Å²) in [5.41, 5.74) is 4.60. The number of carbonyl (C=O) groups is 3. The molecule has 3 rings (SSSR count). The first-order valence-corrected chi connectivity index (χ1v) is 10.2. The average Bonchev–Trinajstić information content (AvgIpc) is 2.82. The van der Waals surface area contributed by atoms with Crippen molar-refractivity contribution in [2.24, 2.45) is 5.10 Å². The van der Waals surface area contributed by atoms with Crippen LogP contribution in [0.1, 0.15) is 28.4 Å². The van der Waals surface area contributed by atoms with E-state index in [1.165, 1.54) is 6.21 Å². The summed E-state index contributed by atoms with van der Waals surface area (Å²) in [6.45, 7) is 4.25. The molecule has 2 N–H and O–H groups in total. The molecule has 0 aliphatic rings. The second-order valence-corrected chi connectivity index (χ2v) is 6.88. The van der Waals surface area contributed by atoms with Gasteiger partial charge in [0.2, 0.25) is 0 Å². The smallest absolute Gasteiger partial charge is 0.343 e. The van der Waals surface area contributed by atoms with E-state index in [9.17, 15) is 14.4 Å². The first kappa shape index (κ1) is 23.2. The topological polar surface area (TPSA) is 106 Å². The van der Waals surface area contributed by atoms with Gasteiger partial charge in [0.15, 0.2) is 0 Å². The van der Waals surface area contributed by atoms with Crippen molar-refractivity contribution in [1.29, 1.82) is 0 Å². The monoisotopic (exact) mass is 445 g/mol. The number of carbonyl (C=O) groups excluding carboxylic acids is 3. The molecular formula is C25H23N3O5. The molecule has 0 bridgehead atoms. The fraction of sp³-hybridized carbons (Fsp3) is 0.120. The lowest BCUT2D eigenvalue weighted by Gasteiger charge is -2.07. The number of aryl methyl sites for hydroxylation is 1. The number of esters is 1. The lowest BCUT2D eigenvalue weighted by molar-refractivity contribution is -0.136. The number of rotatable bonds is 7. The summed E-state index contributed by atoms with van der Waals surface area (Å²) < 4.78 is 10.7. The van der Waals surface area contributed by atoms with Gasteiger partial charge >= 0.3 is 17.8 Å². The fourth-order valence-corrected chi connectivity index (χ4v) is 2.75. The van der Waals surface area contributed by atoms with E-state index in [4.69, 9.17) is 9.47 Å². The van der Waals surface area contributed by atoms with E-state index < -0.39 is 17.8 Å². The molecule has 0 aromatic heterocycles. The molecule has 3 aromatic rings. The minimum Gasteiger partial charge on any atom is -0.494 e. The van der Waals surface area contributed by atoms with Crippen molar-refractivity contribution >= 4 is 29.7 Å². The number of amides is 2. The largest absolute Gasteiger partial charge is 0.494 e. The van der Waals surface area contributed by atoms with Gasteiger partial charge in [-0.15, -0.1) is 0 Å². The molecule has 0 radical (unpaired) electrons. The van der Waals surface area contributed by atoms with E-state index >= 15 is 0 Å². The van der Waals surface area contributed by atoms with Crippen LogP contribution >= 0.6 is 0 Å². The van der Waals surface area contributed by atoms with Crippen molar-refractivity contribution in [2.45, 2.75) is 13.8 Å². The van der Waals surface area contributed by atoms with Crippen molar-refractivity contribution in [3.63, 3.8) is 0 Å². The zero-order valence-corrected chi connectivity index (χ0v) is 18.2. The molecule has 2 amide bonds. The van der Waals surface area contributed by atoms with Gasteiger partial charge in [-0.25, -0.2) is 10.2 Å². The van der Waals surface area contributed by atoms with Crippen LogP contribution in [0.25, 0.3) is 0 Å². The highest BCUT2D eigenvalue weighted by atomic mass is 16.5. The Kier molecular flexibility index (Phi) is 7.91. The second kappa shape index (κ2) is 11.2. The van der Waals surface area contributed by atoms with Crippen LogP contribution in [-0.2, 0) is 9.59 Å². The van der Waals surface area contributed by atoms with Gasteiger partial charge in [0.25, 0.3) is 0 Å². The number of hydrogen-bond acceptors (Lipinski definition) is 6. The van der Waals surface area contributed by atoms with Crippen molar-refractivity contribution in [2.75, 3.05) is 11.9 Å². The molecule has 8 nitrogen and oxygen atoms in total. The molecule has 3 aromatic carbocycles. The van der Waals surface area contributed by atoms with Crippen LogP contribution in [0.5, 0.6) is 11.5 Å². The predicted molar refractivity (Wildman–Crippen MR) is 125 cm³/mol. The molecule has 0 heterocycles. The highest BCUT2D eigenvalue weighted by molar-refractivity contribution is 6.39. The van der Waals surface area contributed by atoms with E-state index in [2.05, 4.69) is 15.8 Å². The molecule has 0 aliphatic heterocycles. The number of anilines is 1. The summed E-state index contributed by atoms with van der Waals surface area (Å²) >= 11 is 0. The molecule has 0 spiro atoms. The van der Waals surface area contributed by atoms with Gasteiger partial charge in [-0.2, -0.15) is 5.10 Å². The summed E-state index contributed by atoms with van der Waals surface area (Å²) in [6, 6.07) is 20.3. The molecule has 33 heavy (non-hydrogen) atoms. The molecule has 8 heteroatoms. The zero-order valence-electron chi connectivity index (χ0n) is 18.2. The average molecular weight is 445 g/mol. The molecule has 0 aliphatic carbocycles. The first-order chi connectivity index (χ1) is 16.0. The summed E-state index contributed by atoms with van der Waals surface area (Å²) in [6.07, 6.45) is 1.37. The maximum atomic E-state index is 12.3. The van der Waals surface area contributed by atoms with Crippen molar-refractivity contribution in [1.82, 2.24) is 5.43 Å². The van der Waals surface area contributed by atoms with E-state index in [1.54, 1.807) is 60.7 Å². The van der Waals surface area contributed by atoms with Crippen LogP contribution in [0.4, 0.5) is 5.69 Å². The minimum absolute atomic E-state index is 0.354. The Morgan fingerprint density at radius 1 is 0.879 bits per heavy atom. The van der Waals surface area contributed by atoms with Gasteiger partial charge in [-0.3, -0.25) is 9.59 Å². The van der Waals surface area contributed by atoms with Gasteiger partial charge in [0.05, 0.1) is 18.4 Å². The first-order valence-electron chi connectivity index (χ1n) is 10.2. The third-order valence-electron chi connectivity index (χ3n) is 4.47. The van der Waals surface area contributed by atoms with Crippen LogP contribution in [0.3, 0.4) is 0 Å². The molecule has 0 fully saturated rings. The maximum Gasteiger partial charge on any atom is 0.343 e. The molecule has 0 saturated carbocycles. The number of hydrogen-bond donors (Lipinski definition) is 2. The van der Waals surface area contributed by atoms with E-state index in [-0.39, 0.29) is 0 Å². The molecule has 168 valence electrons. The van der Waals surface area contributed by atoms with Crippen LogP contribution in [0.15, 0.2) is 77.9 Å². The minimum atomic E-state index is -0.893. The summed E-state index contributed by atoms with van der Waals surface area (Å²) in [5, 5.41) is 6.31. The summed E-state index contributed by atoms with van der Waals surface area (Å²) in [7, 11) is 0. The van der Waals surface area contributed by atoms with E-state index in [0.29, 0.717) is 34.9 Å². The zero-order chi connectivity index (χ0) is 23.6. The number of ether oxygens (including phenoxy) is 2. The number of nitrogens with one attached hydrogen (secondary N) is 2. The Balaban J connectivity index is 1.50. The SMILES string of the molecule is CCOc1ccc(C(=O)Oc2ccc(C=NNC(=O)C(=O)Nc3ccccc3C)cc2)cc1. The lowest BCUT2D eigenvalue weighted by Crippen LogP contribution is -2.32. The standard InChI is InChI=1S/C25H23N3O5/c1-3-32-20-14-10-19(11-15-20)25(31)33-21-12-8-18(9-13-21)16-26-28-24(30)23(29)27-22-7-5-4-6-17(22)2/h4-16H,3H2,1-2H3,(H,27,29)(H,28,30). The number of hydrazone groups is 1. The van der Waals surface area contributed by atoms with Crippen LogP contribution in [0.2, 0.25) is 0 Å². The lowest BCUT2D eigenvalue weighted by atomic mass is 10.2. The van der Waals surface area contributed by atoms with Crippen LogP contribution in [0, 0.1) is 6.92 Å². The van der Waals surface area contributed by atoms with Crippen molar-refractivity contribution in [3.05, 3.63) is 89.5 Å². The fourth-order valence-electron chi connectivity index (χ4n) is 2.75. The number of benzene rings is 3. The van der Waals surface area contributed by atoms with Crippen LogP contribution in [-0.4, -0.2) is 30.6 Å². The molecular weight excluding hydrogens is 422 g/mol. The van der Waals surface area contributed by atoms with Gasteiger partial charge in [0, 0.05) is 5.69 Å². The Labute approximate surface area is 191 Å². The third kappa shape index (κ3) is 6.76. The maximum absolute atomic E-state index is 12.3. The Morgan fingerprint density at radius 3 is 2.21 bits per heavy atom. The summed E-state index contributed by atoms with van der Waals surface area (Å²) in [4.78, 5) is 36.1. The number of nitrogens with zero attached hydrogens (tertiary/aromatic N) is 1. The molecule has 0 atom stereocenters. The summed E-state index contributed by atoms with van der Waals surface area (Å²) in [5.74, 6) is -1.18. The van der Waals surface area contributed by atoms with E-state index in [1.807, 2.05) is 26.0 Å². The van der Waals surface area contributed by atoms with Crippen molar-refractivity contribution < 1.29 is 23.9 Å². The van der Waals surface area contributed by atoms with Gasteiger partial charge in [-0.1, -0.05) is 18.2 Å². The van der Waals surface area contributed by atoms with Crippen LogP contribution < -0.4 is 20.2 Å². The number of para-hydroxylation sites is 1.